The zero-order valence-corrected chi connectivity index (χ0v) is 11.8. The Kier molecular flexibility index (Phi) is 5.30. The van der Waals surface area contributed by atoms with Crippen molar-refractivity contribution in [2.45, 2.75) is 39.3 Å². The van der Waals surface area contributed by atoms with E-state index in [9.17, 15) is 5.11 Å². The van der Waals surface area contributed by atoms with E-state index < -0.39 is 5.60 Å². The van der Waals surface area contributed by atoms with Gasteiger partial charge in [0.1, 0.15) is 5.01 Å². The van der Waals surface area contributed by atoms with Gasteiger partial charge in [0.25, 0.3) is 0 Å². The van der Waals surface area contributed by atoms with Gasteiger partial charge in [-0.1, -0.05) is 18.3 Å². The standard InChI is InChI=1S/C11H22N4OS/c1-5-6-12-10-14-13-9(17-10)7-15(4)8-11(2,3)16/h16H,5-8H2,1-4H3,(H,12,14). The Morgan fingerprint density at radius 2 is 2.12 bits per heavy atom. The minimum atomic E-state index is -0.678. The summed E-state index contributed by atoms with van der Waals surface area (Å²) in [5, 5.41) is 22.9. The van der Waals surface area contributed by atoms with Crippen LogP contribution in [0.5, 0.6) is 0 Å². The zero-order chi connectivity index (χ0) is 12.9. The summed E-state index contributed by atoms with van der Waals surface area (Å²) in [6, 6.07) is 0. The first-order valence-corrected chi connectivity index (χ1v) is 6.69. The van der Waals surface area contributed by atoms with Crippen molar-refractivity contribution in [3.63, 3.8) is 0 Å². The van der Waals surface area contributed by atoms with E-state index in [1.54, 1.807) is 25.2 Å². The average Bonchev–Trinajstić information content (AvgIpc) is 2.59. The molecule has 5 nitrogen and oxygen atoms in total. The molecule has 0 aliphatic rings. The number of anilines is 1. The van der Waals surface area contributed by atoms with Gasteiger partial charge < -0.3 is 10.4 Å². The van der Waals surface area contributed by atoms with Gasteiger partial charge in [0.15, 0.2) is 0 Å². The fourth-order valence-corrected chi connectivity index (χ4v) is 2.41. The van der Waals surface area contributed by atoms with Gasteiger partial charge in [-0.3, -0.25) is 4.90 Å². The Balaban J connectivity index is 2.43. The summed E-state index contributed by atoms with van der Waals surface area (Å²) in [5.74, 6) is 0. The molecule has 1 aromatic heterocycles. The molecule has 2 N–H and O–H groups in total. The zero-order valence-electron chi connectivity index (χ0n) is 11.0. The van der Waals surface area contributed by atoms with Crippen LogP contribution in [-0.4, -0.2) is 45.9 Å². The minimum Gasteiger partial charge on any atom is -0.389 e. The van der Waals surface area contributed by atoms with Gasteiger partial charge in [0.2, 0.25) is 5.13 Å². The molecule has 17 heavy (non-hydrogen) atoms. The van der Waals surface area contributed by atoms with Crippen molar-refractivity contribution in [3.8, 4) is 0 Å². The molecule has 0 radical (unpaired) electrons. The van der Waals surface area contributed by atoms with Crippen LogP contribution >= 0.6 is 11.3 Å². The topological polar surface area (TPSA) is 61.3 Å². The second-order valence-corrected chi connectivity index (χ2v) is 5.97. The molecule has 1 heterocycles. The highest BCUT2D eigenvalue weighted by molar-refractivity contribution is 7.15. The number of nitrogens with one attached hydrogen (secondary N) is 1. The second-order valence-electron chi connectivity index (χ2n) is 4.91. The number of aliphatic hydroxyl groups is 1. The first-order chi connectivity index (χ1) is 7.90. The third-order valence-corrected chi connectivity index (χ3v) is 2.92. The van der Waals surface area contributed by atoms with Crippen molar-refractivity contribution in [3.05, 3.63) is 5.01 Å². The maximum absolute atomic E-state index is 9.70. The normalized spacial score (nSPS) is 12.1. The van der Waals surface area contributed by atoms with E-state index in [1.807, 2.05) is 11.9 Å². The summed E-state index contributed by atoms with van der Waals surface area (Å²) in [6.07, 6.45) is 1.08. The molecule has 0 bridgehead atoms. The molecule has 1 rings (SSSR count). The fourth-order valence-electron chi connectivity index (χ4n) is 1.57. The maximum Gasteiger partial charge on any atom is 0.205 e. The Labute approximate surface area is 107 Å². The molecule has 6 heteroatoms. The van der Waals surface area contributed by atoms with Crippen molar-refractivity contribution in [2.24, 2.45) is 0 Å². The van der Waals surface area contributed by atoms with Gasteiger partial charge in [-0.15, -0.1) is 10.2 Å². The van der Waals surface area contributed by atoms with Crippen LogP contribution in [0.25, 0.3) is 0 Å². The molecular formula is C11H22N4OS. The van der Waals surface area contributed by atoms with E-state index in [0.29, 0.717) is 6.54 Å². The van der Waals surface area contributed by atoms with Crippen LogP contribution in [0.1, 0.15) is 32.2 Å². The number of hydrogen-bond acceptors (Lipinski definition) is 6. The summed E-state index contributed by atoms with van der Waals surface area (Å²) in [4.78, 5) is 2.05. The molecule has 0 aliphatic carbocycles. The molecule has 0 saturated heterocycles. The highest BCUT2D eigenvalue weighted by Crippen LogP contribution is 2.17. The Hall–Kier alpha value is -0.720. The van der Waals surface area contributed by atoms with Crippen molar-refractivity contribution in [2.75, 3.05) is 25.5 Å². The summed E-state index contributed by atoms with van der Waals surface area (Å²) < 4.78 is 0. The third kappa shape index (κ3) is 5.95. The molecule has 0 spiro atoms. The number of rotatable bonds is 7. The lowest BCUT2D eigenvalue weighted by Crippen LogP contribution is -2.35. The molecule has 0 fully saturated rings. The van der Waals surface area contributed by atoms with Crippen LogP contribution in [0, 0.1) is 0 Å². The van der Waals surface area contributed by atoms with Gasteiger partial charge in [0, 0.05) is 13.1 Å². The van der Waals surface area contributed by atoms with Crippen molar-refractivity contribution < 1.29 is 5.11 Å². The first kappa shape index (κ1) is 14.3. The van der Waals surface area contributed by atoms with Gasteiger partial charge >= 0.3 is 0 Å². The minimum absolute atomic E-state index is 0.615. The molecule has 0 amide bonds. The number of aromatic nitrogens is 2. The van der Waals surface area contributed by atoms with E-state index in [1.165, 1.54) is 0 Å². The maximum atomic E-state index is 9.70. The molecule has 0 unspecified atom stereocenters. The van der Waals surface area contributed by atoms with Crippen molar-refractivity contribution in [1.29, 1.82) is 0 Å². The molecule has 98 valence electrons. The van der Waals surface area contributed by atoms with E-state index in [-0.39, 0.29) is 0 Å². The van der Waals surface area contributed by atoms with Gasteiger partial charge in [-0.05, 0) is 27.3 Å². The molecule has 0 aliphatic heterocycles. The Morgan fingerprint density at radius 1 is 1.41 bits per heavy atom. The number of hydrogen-bond donors (Lipinski definition) is 2. The highest BCUT2D eigenvalue weighted by Gasteiger charge is 2.16. The lowest BCUT2D eigenvalue weighted by atomic mass is 10.1. The monoisotopic (exact) mass is 258 g/mol. The Bertz CT molecular complexity index is 334. The average molecular weight is 258 g/mol. The molecular weight excluding hydrogens is 236 g/mol. The van der Waals surface area contributed by atoms with E-state index in [2.05, 4.69) is 22.4 Å². The van der Waals surface area contributed by atoms with E-state index in [4.69, 9.17) is 0 Å². The number of nitrogens with zero attached hydrogens (tertiary/aromatic N) is 3. The predicted molar refractivity (Wildman–Crippen MR) is 71.3 cm³/mol. The molecule has 0 atom stereocenters. The summed E-state index contributed by atoms with van der Waals surface area (Å²) in [6.45, 7) is 7.98. The van der Waals surface area contributed by atoms with Crippen molar-refractivity contribution >= 4 is 16.5 Å². The van der Waals surface area contributed by atoms with Crippen molar-refractivity contribution in [1.82, 2.24) is 15.1 Å². The largest absolute Gasteiger partial charge is 0.389 e. The third-order valence-electron chi connectivity index (χ3n) is 2.06. The van der Waals surface area contributed by atoms with Crippen LogP contribution in [0.3, 0.4) is 0 Å². The summed E-state index contributed by atoms with van der Waals surface area (Å²) in [7, 11) is 1.97. The quantitative estimate of drug-likeness (QED) is 0.777. The number of likely N-dealkylation sites (N-methyl/N-ethyl adjacent to an activating group) is 1. The van der Waals surface area contributed by atoms with Gasteiger partial charge in [-0.25, -0.2) is 0 Å². The summed E-state index contributed by atoms with van der Waals surface area (Å²) in [5.41, 5.74) is -0.678. The molecule has 0 saturated carbocycles. The van der Waals surface area contributed by atoms with Crippen LogP contribution in [0.15, 0.2) is 0 Å². The first-order valence-electron chi connectivity index (χ1n) is 5.88. The predicted octanol–water partition coefficient (Wildman–Crippen LogP) is 1.56. The van der Waals surface area contributed by atoms with Crippen LogP contribution in [-0.2, 0) is 6.54 Å². The second kappa shape index (κ2) is 6.28. The lowest BCUT2D eigenvalue weighted by Gasteiger charge is -2.24. The van der Waals surface area contributed by atoms with E-state index >= 15 is 0 Å². The van der Waals surface area contributed by atoms with Crippen LogP contribution < -0.4 is 5.32 Å². The highest BCUT2D eigenvalue weighted by atomic mass is 32.1. The Morgan fingerprint density at radius 3 is 2.71 bits per heavy atom. The SMILES string of the molecule is CCCNc1nnc(CN(C)CC(C)(C)O)s1. The van der Waals surface area contributed by atoms with Gasteiger partial charge in [0.05, 0.1) is 12.1 Å². The smallest absolute Gasteiger partial charge is 0.205 e. The van der Waals surface area contributed by atoms with Gasteiger partial charge in [-0.2, -0.15) is 0 Å². The molecule has 1 aromatic rings. The fraction of sp³-hybridized carbons (Fsp3) is 0.818. The summed E-state index contributed by atoms with van der Waals surface area (Å²) >= 11 is 1.57. The van der Waals surface area contributed by atoms with Crippen LogP contribution in [0.2, 0.25) is 0 Å². The lowest BCUT2D eigenvalue weighted by molar-refractivity contribution is 0.0424. The van der Waals surface area contributed by atoms with E-state index in [0.717, 1.165) is 29.6 Å². The van der Waals surface area contributed by atoms with Crippen LogP contribution in [0.4, 0.5) is 5.13 Å². The molecule has 0 aromatic carbocycles.